The molecule has 0 spiro atoms. The van der Waals surface area contributed by atoms with Gasteiger partial charge in [0.1, 0.15) is 0 Å². The smallest absolute Gasteiger partial charge is 0.0133 e. The summed E-state index contributed by atoms with van der Waals surface area (Å²) in [5, 5.41) is 6.37. The summed E-state index contributed by atoms with van der Waals surface area (Å²) in [6.07, 6.45) is 6.70. The van der Waals surface area contributed by atoms with E-state index in [1.54, 1.807) is 5.56 Å². The van der Waals surface area contributed by atoms with Gasteiger partial charge in [-0.1, -0.05) is 49.4 Å². The molecule has 0 aliphatic carbocycles. The van der Waals surface area contributed by atoms with E-state index in [4.69, 9.17) is 0 Å². The first kappa shape index (κ1) is 19.7. The zero-order valence-corrected chi connectivity index (χ0v) is 16.8. The molecule has 0 radical (unpaired) electrons. The average Bonchev–Trinajstić information content (AvgIpc) is 2.70. The molecule has 26 heavy (non-hydrogen) atoms. The highest BCUT2D eigenvalue weighted by Crippen LogP contribution is 2.33. The number of nitrogens with one attached hydrogen (secondary N) is 1. The van der Waals surface area contributed by atoms with Crippen LogP contribution in [0, 0.1) is 5.92 Å². The number of benzene rings is 2. The standard InChI is InChI=1S/C23H32N2.ClH/c1-2-23(22-8-5-13-24-17-22)25-14-11-19(12-15-25)21-10-9-18-6-3-4-7-20(18)16-21;/h3-4,6-7,9-10,16,19,22-24H,2,5,8,11-15,17H2,1H3;1H. The van der Waals surface area contributed by atoms with Crippen molar-refractivity contribution in [3.8, 4) is 0 Å². The van der Waals surface area contributed by atoms with Crippen LogP contribution < -0.4 is 5.32 Å². The molecule has 2 heterocycles. The van der Waals surface area contributed by atoms with Crippen LogP contribution in [-0.2, 0) is 0 Å². The van der Waals surface area contributed by atoms with E-state index < -0.39 is 0 Å². The minimum atomic E-state index is 0. The fraction of sp³-hybridized carbons (Fsp3) is 0.565. The van der Waals surface area contributed by atoms with Crippen LogP contribution >= 0.6 is 12.4 Å². The summed E-state index contributed by atoms with van der Waals surface area (Å²) >= 11 is 0. The van der Waals surface area contributed by atoms with Crippen LogP contribution in [0.5, 0.6) is 0 Å². The molecule has 2 aromatic carbocycles. The monoisotopic (exact) mass is 372 g/mol. The van der Waals surface area contributed by atoms with Gasteiger partial charge in [-0.25, -0.2) is 0 Å². The predicted molar refractivity (Wildman–Crippen MR) is 114 cm³/mol. The van der Waals surface area contributed by atoms with Crippen LogP contribution in [-0.4, -0.2) is 37.1 Å². The molecule has 0 saturated carbocycles. The lowest BCUT2D eigenvalue weighted by molar-refractivity contribution is 0.0927. The van der Waals surface area contributed by atoms with Crippen molar-refractivity contribution in [1.29, 1.82) is 0 Å². The van der Waals surface area contributed by atoms with E-state index in [0.29, 0.717) is 0 Å². The third-order valence-electron chi connectivity index (χ3n) is 6.54. The van der Waals surface area contributed by atoms with Crippen LogP contribution in [0.1, 0.15) is 50.5 Å². The van der Waals surface area contributed by atoms with Crippen LogP contribution in [0.2, 0.25) is 0 Å². The minimum Gasteiger partial charge on any atom is -0.316 e. The molecule has 2 aliphatic rings. The summed E-state index contributed by atoms with van der Waals surface area (Å²) in [7, 11) is 0. The minimum absolute atomic E-state index is 0. The second-order valence-corrected chi connectivity index (χ2v) is 8.00. The molecule has 2 nitrogen and oxygen atoms in total. The zero-order valence-electron chi connectivity index (χ0n) is 16.0. The fourth-order valence-electron chi connectivity index (χ4n) is 5.12. The summed E-state index contributed by atoms with van der Waals surface area (Å²) < 4.78 is 0. The van der Waals surface area contributed by atoms with Gasteiger partial charge in [-0.3, -0.25) is 0 Å². The highest BCUT2D eigenvalue weighted by molar-refractivity contribution is 5.85. The molecular formula is C23H33ClN2. The topological polar surface area (TPSA) is 15.3 Å². The maximum atomic E-state index is 3.61. The van der Waals surface area contributed by atoms with Crippen molar-refractivity contribution in [3.63, 3.8) is 0 Å². The first-order chi connectivity index (χ1) is 12.3. The van der Waals surface area contributed by atoms with Crippen molar-refractivity contribution in [2.75, 3.05) is 26.2 Å². The molecule has 0 bridgehead atoms. The number of hydrogen-bond acceptors (Lipinski definition) is 2. The van der Waals surface area contributed by atoms with E-state index in [0.717, 1.165) is 17.9 Å². The third kappa shape index (κ3) is 4.24. The van der Waals surface area contributed by atoms with Crippen LogP contribution in [0.15, 0.2) is 42.5 Å². The zero-order chi connectivity index (χ0) is 17.1. The first-order valence-corrected chi connectivity index (χ1v) is 10.3. The van der Waals surface area contributed by atoms with E-state index in [9.17, 15) is 0 Å². The molecule has 2 atom stereocenters. The summed E-state index contributed by atoms with van der Waals surface area (Å²) in [5.74, 6) is 1.60. The number of fused-ring (bicyclic) bond motifs is 1. The van der Waals surface area contributed by atoms with Gasteiger partial charge in [-0.15, -0.1) is 12.4 Å². The molecule has 2 aliphatic heterocycles. The molecule has 0 amide bonds. The summed E-state index contributed by atoms with van der Waals surface area (Å²) in [6.45, 7) is 7.37. The molecule has 142 valence electrons. The van der Waals surface area contributed by atoms with E-state index in [2.05, 4.69) is 59.6 Å². The third-order valence-corrected chi connectivity index (χ3v) is 6.54. The summed E-state index contributed by atoms with van der Waals surface area (Å²) in [5.41, 5.74) is 1.55. The van der Waals surface area contributed by atoms with Gasteiger partial charge in [0.2, 0.25) is 0 Å². The number of likely N-dealkylation sites (tertiary alicyclic amines) is 1. The van der Waals surface area contributed by atoms with Crippen molar-refractivity contribution in [3.05, 3.63) is 48.0 Å². The van der Waals surface area contributed by atoms with Gasteiger partial charge in [0, 0.05) is 6.04 Å². The van der Waals surface area contributed by atoms with Crippen molar-refractivity contribution in [2.24, 2.45) is 5.92 Å². The van der Waals surface area contributed by atoms with Gasteiger partial charge < -0.3 is 10.2 Å². The Labute approximate surface area is 164 Å². The maximum Gasteiger partial charge on any atom is 0.0133 e. The average molecular weight is 373 g/mol. The largest absolute Gasteiger partial charge is 0.316 e. The molecule has 2 fully saturated rings. The molecule has 0 aromatic heterocycles. The van der Waals surface area contributed by atoms with Gasteiger partial charge in [-0.05, 0) is 86.5 Å². The normalized spacial score (nSPS) is 23.5. The van der Waals surface area contributed by atoms with E-state index >= 15 is 0 Å². The Hall–Kier alpha value is -1.09. The second kappa shape index (κ2) is 9.21. The number of piperidine rings is 2. The molecular weight excluding hydrogens is 340 g/mol. The van der Waals surface area contributed by atoms with Gasteiger partial charge in [-0.2, -0.15) is 0 Å². The highest BCUT2D eigenvalue weighted by Gasteiger charge is 2.30. The highest BCUT2D eigenvalue weighted by atomic mass is 35.5. The lowest BCUT2D eigenvalue weighted by Gasteiger charge is -2.42. The maximum absolute atomic E-state index is 3.61. The molecule has 4 rings (SSSR count). The number of nitrogens with zero attached hydrogens (tertiary/aromatic N) is 1. The molecule has 2 aromatic rings. The summed E-state index contributed by atoms with van der Waals surface area (Å²) in [4.78, 5) is 2.80. The Balaban J connectivity index is 0.00000196. The Morgan fingerprint density at radius 3 is 2.50 bits per heavy atom. The number of rotatable bonds is 4. The van der Waals surface area contributed by atoms with Gasteiger partial charge in [0.05, 0.1) is 0 Å². The first-order valence-electron chi connectivity index (χ1n) is 10.3. The SMILES string of the molecule is CCC(C1CCCNC1)N1CCC(c2ccc3ccccc3c2)CC1.Cl. The predicted octanol–water partition coefficient (Wildman–Crippen LogP) is 5.22. The van der Waals surface area contributed by atoms with Crippen LogP contribution in [0.25, 0.3) is 10.8 Å². The summed E-state index contributed by atoms with van der Waals surface area (Å²) in [6, 6.07) is 16.6. The fourth-order valence-corrected chi connectivity index (χ4v) is 5.12. The van der Waals surface area contributed by atoms with Crippen LogP contribution in [0.3, 0.4) is 0 Å². The Morgan fingerprint density at radius 2 is 1.81 bits per heavy atom. The van der Waals surface area contributed by atoms with Gasteiger partial charge in [0.25, 0.3) is 0 Å². The lowest BCUT2D eigenvalue weighted by Crippen LogP contribution is -2.48. The van der Waals surface area contributed by atoms with E-state index in [-0.39, 0.29) is 12.4 Å². The number of halogens is 1. The second-order valence-electron chi connectivity index (χ2n) is 8.00. The Morgan fingerprint density at radius 1 is 1.04 bits per heavy atom. The molecule has 2 unspecified atom stereocenters. The molecule has 2 saturated heterocycles. The Bertz CT molecular complexity index is 687. The van der Waals surface area contributed by atoms with Gasteiger partial charge in [0.15, 0.2) is 0 Å². The van der Waals surface area contributed by atoms with Crippen LogP contribution in [0.4, 0.5) is 0 Å². The quantitative estimate of drug-likeness (QED) is 0.791. The Kier molecular flexibility index (Phi) is 6.97. The van der Waals surface area contributed by atoms with Gasteiger partial charge >= 0.3 is 0 Å². The van der Waals surface area contributed by atoms with Crippen molar-refractivity contribution >= 4 is 23.2 Å². The van der Waals surface area contributed by atoms with E-state index in [1.165, 1.54) is 69.1 Å². The van der Waals surface area contributed by atoms with Crippen molar-refractivity contribution in [1.82, 2.24) is 10.2 Å². The van der Waals surface area contributed by atoms with Crippen molar-refractivity contribution < 1.29 is 0 Å². The molecule has 1 N–H and O–H groups in total. The van der Waals surface area contributed by atoms with E-state index in [1.807, 2.05) is 0 Å². The van der Waals surface area contributed by atoms with Crippen molar-refractivity contribution in [2.45, 2.75) is 51.0 Å². The lowest BCUT2D eigenvalue weighted by atomic mass is 9.84. The number of hydrogen-bond donors (Lipinski definition) is 1. The molecule has 3 heteroatoms.